The fourth-order valence-corrected chi connectivity index (χ4v) is 5.27. The number of halogens is 3. The van der Waals surface area contributed by atoms with Crippen LogP contribution in [0.5, 0.6) is 0 Å². The predicted molar refractivity (Wildman–Crippen MR) is 140 cm³/mol. The number of methoxy groups -OCH3 is 1. The van der Waals surface area contributed by atoms with Crippen LogP contribution in [0.4, 0.5) is 23.7 Å². The number of carboxylic acid groups (broad SMARTS) is 1. The first-order valence-electron chi connectivity index (χ1n) is 12.8. The Kier molecular flexibility index (Phi) is 7.52. The van der Waals surface area contributed by atoms with Crippen LogP contribution in [0.25, 0.3) is 11.1 Å². The van der Waals surface area contributed by atoms with Crippen LogP contribution in [0.2, 0.25) is 0 Å². The van der Waals surface area contributed by atoms with Gasteiger partial charge in [0.25, 0.3) is 0 Å². The zero-order valence-corrected chi connectivity index (χ0v) is 21.8. The second kappa shape index (κ2) is 10.9. The van der Waals surface area contributed by atoms with Gasteiger partial charge in [-0.15, -0.1) is 0 Å². The molecule has 2 aromatic carbocycles. The van der Waals surface area contributed by atoms with Gasteiger partial charge in [0.2, 0.25) is 0 Å². The number of anilines is 1. The molecule has 40 heavy (non-hydrogen) atoms. The van der Waals surface area contributed by atoms with Crippen molar-refractivity contribution in [2.75, 3.05) is 31.6 Å². The number of amides is 1. The smallest absolute Gasteiger partial charge is 0.433 e. The minimum atomic E-state index is -4.49. The van der Waals surface area contributed by atoms with Crippen LogP contribution < -0.4 is 4.90 Å². The van der Waals surface area contributed by atoms with Crippen molar-refractivity contribution in [2.24, 2.45) is 0 Å². The Morgan fingerprint density at radius 3 is 2.42 bits per heavy atom. The molecule has 11 heteroatoms. The molecular weight excluding hydrogens is 527 g/mol. The molecule has 3 heterocycles. The second-order valence-corrected chi connectivity index (χ2v) is 10.1. The summed E-state index contributed by atoms with van der Waals surface area (Å²) in [7, 11) is 1.57. The number of carbonyl (C=O) groups excluding carboxylic acids is 1. The molecule has 3 aromatic rings. The van der Waals surface area contributed by atoms with E-state index in [1.165, 1.54) is 24.4 Å². The quantitative estimate of drug-likeness (QED) is 0.406. The Balaban J connectivity index is 1.23. The summed E-state index contributed by atoms with van der Waals surface area (Å²) in [4.78, 5) is 31.2. The van der Waals surface area contributed by atoms with Crippen molar-refractivity contribution in [3.8, 4) is 11.1 Å². The first-order valence-corrected chi connectivity index (χ1v) is 12.8. The van der Waals surface area contributed by atoms with E-state index in [1.807, 2.05) is 18.2 Å². The van der Waals surface area contributed by atoms with Crippen molar-refractivity contribution < 1.29 is 37.3 Å². The van der Waals surface area contributed by atoms with E-state index >= 15 is 0 Å². The lowest BCUT2D eigenvalue weighted by Gasteiger charge is -2.37. The minimum absolute atomic E-state index is 0.150. The highest BCUT2D eigenvalue weighted by molar-refractivity contribution is 5.92. The number of ether oxygens (including phenoxy) is 2. The van der Waals surface area contributed by atoms with Gasteiger partial charge in [0.1, 0.15) is 11.3 Å². The number of hydrogen-bond acceptors (Lipinski definition) is 6. The molecule has 1 N–H and O–H groups in total. The molecular formula is C29H28F3N3O5. The standard InChI is InChI=1S/C29H28F3N3O5/c1-39-17-22-14-19(2-8-24(22)21-5-9-25(33-15-21)29(30,31)32)16-34-12-10-28(11-13-34)18-35(27(38)40-28)23-6-3-20(4-7-23)26(36)37/h2-9,14-15H,10-13,16-18H2,1H3,(H,36,37). The molecule has 2 aliphatic heterocycles. The SMILES string of the molecule is COCc1cc(CN2CCC3(CC2)CN(c2ccc(C(=O)O)cc2)C(=O)O3)ccc1-c1ccc(C(F)(F)F)nc1. The third-order valence-electron chi connectivity index (χ3n) is 7.40. The zero-order chi connectivity index (χ0) is 28.5. The number of alkyl halides is 3. The lowest BCUT2D eigenvalue weighted by atomic mass is 9.90. The summed E-state index contributed by atoms with van der Waals surface area (Å²) in [5.41, 5.74) is 2.45. The molecule has 2 saturated heterocycles. The average molecular weight is 556 g/mol. The summed E-state index contributed by atoms with van der Waals surface area (Å²) in [5, 5.41) is 9.11. The van der Waals surface area contributed by atoms with Crippen molar-refractivity contribution in [1.82, 2.24) is 9.88 Å². The van der Waals surface area contributed by atoms with Crippen molar-refractivity contribution in [1.29, 1.82) is 0 Å². The van der Waals surface area contributed by atoms with Crippen molar-refractivity contribution in [3.63, 3.8) is 0 Å². The van der Waals surface area contributed by atoms with Gasteiger partial charge in [-0.1, -0.05) is 24.3 Å². The molecule has 1 amide bonds. The number of benzene rings is 2. The number of carboxylic acids is 1. The van der Waals surface area contributed by atoms with Crippen LogP contribution >= 0.6 is 0 Å². The normalized spacial score (nSPS) is 17.3. The van der Waals surface area contributed by atoms with Crippen molar-refractivity contribution >= 4 is 17.7 Å². The predicted octanol–water partition coefficient (Wildman–Crippen LogP) is 5.60. The maximum absolute atomic E-state index is 12.9. The highest BCUT2D eigenvalue weighted by Crippen LogP contribution is 2.36. The van der Waals surface area contributed by atoms with E-state index in [9.17, 15) is 22.8 Å². The molecule has 0 radical (unpaired) electrons. The van der Waals surface area contributed by atoms with Gasteiger partial charge in [-0.25, -0.2) is 9.59 Å². The number of nitrogens with zero attached hydrogens (tertiary/aromatic N) is 3. The lowest BCUT2D eigenvalue weighted by molar-refractivity contribution is -0.141. The van der Waals surface area contributed by atoms with E-state index in [-0.39, 0.29) is 5.56 Å². The fourth-order valence-electron chi connectivity index (χ4n) is 5.27. The van der Waals surface area contributed by atoms with E-state index in [2.05, 4.69) is 9.88 Å². The Bertz CT molecular complexity index is 1390. The van der Waals surface area contributed by atoms with Gasteiger partial charge >= 0.3 is 18.2 Å². The van der Waals surface area contributed by atoms with Crippen molar-refractivity contribution in [3.05, 3.63) is 83.2 Å². The number of hydrogen-bond donors (Lipinski definition) is 1. The third-order valence-corrected chi connectivity index (χ3v) is 7.40. The Morgan fingerprint density at radius 1 is 1.10 bits per heavy atom. The van der Waals surface area contributed by atoms with Gasteiger partial charge in [0.15, 0.2) is 0 Å². The van der Waals surface area contributed by atoms with Gasteiger partial charge in [-0.05, 0) is 47.0 Å². The summed E-state index contributed by atoms with van der Waals surface area (Å²) in [5.74, 6) is -1.03. The number of piperidine rings is 1. The van der Waals surface area contributed by atoms with Gasteiger partial charge < -0.3 is 14.6 Å². The Morgan fingerprint density at radius 2 is 1.82 bits per heavy atom. The summed E-state index contributed by atoms with van der Waals surface area (Å²) >= 11 is 0. The van der Waals surface area contributed by atoms with E-state index in [4.69, 9.17) is 14.6 Å². The van der Waals surface area contributed by atoms with Crippen LogP contribution in [-0.4, -0.2) is 59.4 Å². The van der Waals surface area contributed by atoms with Gasteiger partial charge in [-0.2, -0.15) is 13.2 Å². The second-order valence-electron chi connectivity index (χ2n) is 10.1. The van der Waals surface area contributed by atoms with Crippen LogP contribution in [0, 0.1) is 0 Å². The van der Waals surface area contributed by atoms with Crippen LogP contribution in [-0.2, 0) is 28.8 Å². The highest BCUT2D eigenvalue weighted by atomic mass is 19.4. The van der Waals surface area contributed by atoms with Gasteiger partial charge in [0.05, 0.1) is 18.7 Å². The molecule has 0 saturated carbocycles. The number of pyridine rings is 1. The third kappa shape index (κ3) is 5.80. The summed E-state index contributed by atoms with van der Waals surface area (Å²) < 4.78 is 49.9. The number of aromatic carboxylic acids is 1. The first kappa shape index (κ1) is 27.6. The largest absolute Gasteiger partial charge is 0.478 e. The fraction of sp³-hybridized carbons (Fsp3) is 0.345. The summed E-state index contributed by atoms with van der Waals surface area (Å²) in [6, 6.07) is 14.4. The molecule has 8 nitrogen and oxygen atoms in total. The topological polar surface area (TPSA) is 92.2 Å². The maximum atomic E-state index is 12.9. The molecule has 0 aliphatic carbocycles. The zero-order valence-electron chi connectivity index (χ0n) is 21.8. The monoisotopic (exact) mass is 555 g/mol. The molecule has 210 valence electrons. The van der Waals surface area contributed by atoms with Gasteiger partial charge in [0, 0.05) is 57.0 Å². The Labute approximate surface area is 228 Å². The van der Waals surface area contributed by atoms with Crippen LogP contribution in [0.1, 0.15) is 40.0 Å². The number of aromatic nitrogens is 1. The molecule has 0 atom stereocenters. The number of carbonyl (C=O) groups is 2. The highest BCUT2D eigenvalue weighted by Gasteiger charge is 2.47. The van der Waals surface area contributed by atoms with Gasteiger partial charge in [-0.3, -0.25) is 14.8 Å². The van der Waals surface area contributed by atoms with Crippen LogP contribution in [0.3, 0.4) is 0 Å². The van der Waals surface area contributed by atoms with E-state index < -0.39 is 29.5 Å². The van der Waals surface area contributed by atoms with Crippen LogP contribution in [0.15, 0.2) is 60.8 Å². The van der Waals surface area contributed by atoms with E-state index in [1.54, 1.807) is 24.1 Å². The first-order chi connectivity index (χ1) is 19.1. The molecule has 1 spiro atoms. The summed E-state index contributed by atoms with van der Waals surface area (Å²) in [6.07, 6.45) is -2.39. The molecule has 2 fully saturated rings. The lowest BCUT2D eigenvalue weighted by Crippen LogP contribution is -2.46. The molecule has 0 unspecified atom stereocenters. The maximum Gasteiger partial charge on any atom is 0.433 e. The minimum Gasteiger partial charge on any atom is -0.478 e. The Hall–Kier alpha value is -3.96. The average Bonchev–Trinajstić information content (AvgIpc) is 3.25. The van der Waals surface area contributed by atoms with E-state index in [0.717, 1.165) is 22.8 Å². The molecule has 2 aliphatic rings. The van der Waals surface area contributed by atoms with E-state index in [0.29, 0.717) is 56.9 Å². The number of likely N-dealkylation sites (tertiary alicyclic amines) is 1. The summed E-state index contributed by atoms with van der Waals surface area (Å²) in [6.45, 7) is 2.78. The molecule has 5 rings (SSSR count). The number of rotatable bonds is 7. The van der Waals surface area contributed by atoms with Crippen molar-refractivity contribution in [2.45, 2.75) is 37.8 Å². The molecule has 1 aromatic heterocycles. The molecule has 0 bridgehead atoms.